The van der Waals surface area contributed by atoms with E-state index in [1.807, 2.05) is 37.3 Å². The fourth-order valence-corrected chi connectivity index (χ4v) is 3.66. The van der Waals surface area contributed by atoms with Crippen LogP contribution in [0.4, 0.5) is 0 Å². The molecule has 1 aliphatic rings. The summed E-state index contributed by atoms with van der Waals surface area (Å²) in [6.07, 6.45) is 0.460. The Labute approximate surface area is 182 Å². The number of nitrogens with one attached hydrogen (secondary N) is 1. The van der Waals surface area contributed by atoms with Crippen LogP contribution in [0.15, 0.2) is 54.6 Å². The quantitative estimate of drug-likeness (QED) is 0.631. The smallest absolute Gasteiger partial charge is 0.261 e. The lowest BCUT2D eigenvalue weighted by Gasteiger charge is -2.29. The van der Waals surface area contributed by atoms with Gasteiger partial charge < -0.3 is 10.2 Å². The molecular weight excluding hydrogens is 394 g/mol. The second-order valence-corrected chi connectivity index (χ2v) is 7.49. The first-order valence-electron chi connectivity index (χ1n) is 10.5. The van der Waals surface area contributed by atoms with Gasteiger partial charge in [-0.2, -0.15) is 0 Å². The van der Waals surface area contributed by atoms with E-state index < -0.39 is 6.04 Å². The third-order valence-electron chi connectivity index (χ3n) is 5.36. The zero-order valence-electron chi connectivity index (χ0n) is 17.8. The number of hydrogen-bond acceptors (Lipinski definition) is 4. The molecule has 1 N–H and O–H groups in total. The Hall–Kier alpha value is -3.48. The molecule has 0 bridgehead atoms. The van der Waals surface area contributed by atoms with Crippen LogP contribution in [0.1, 0.15) is 53.0 Å². The normalized spacial score (nSPS) is 13.7. The van der Waals surface area contributed by atoms with Crippen molar-refractivity contribution in [1.82, 2.24) is 15.1 Å². The van der Waals surface area contributed by atoms with Crippen LogP contribution in [0.25, 0.3) is 0 Å². The number of hydrogen-bond donors (Lipinski definition) is 1. The van der Waals surface area contributed by atoms with Crippen LogP contribution in [-0.2, 0) is 16.1 Å². The molecule has 1 atom stereocenters. The average molecular weight is 421 g/mol. The minimum absolute atomic E-state index is 0.129. The van der Waals surface area contributed by atoms with E-state index >= 15 is 0 Å². The van der Waals surface area contributed by atoms with Crippen molar-refractivity contribution in [2.24, 2.45) is 0 Å². The van der Waals surface area contributed by atoms with Crippen molar-refractivity contribution in [2.45, 2.75) is 39.3 Å². The minimum Gasteiger partial charge on any atom is -0.355 e. The number of carbonyl (C=O) groups excluding carboxylic acids is 4. The molecule has 2 aromatic carbocycles. The van der Waals surface area contributed by atoms with Gasteiger partial charge in [-0.1, -0.05) is 42.5 Å². The van der Waals surface area contributed by atoms with E-state index in [1.165, 1.54) is 4.90 Å². The third kappa shape index (κ3) is 4.99. The predicted octanol–water partition coefficient (Wildman–Crippen LogP) is 2.62. The number of imide groups is 1. The molecule has 0 spiro atoms. The molecule has 1 heterocycles. The maximum atomic E-state index is 13.0. The van der Waals surface area contributed by atoms with Gasteiger partial charge >= 0.3 is 0 Å². The highest BCUT2D eigenvalue weighted by molar-refractivity contribution is 6.21. The fraction of sp³-hybridized carbons (Fsp3) is 0.333. The Morgan fingerprint density at radius 1 is 0.968 bits per heavy atom. The van der Waals surface area contributed by atoms with Gasteiger partial charge in [-0.3, -0.25) is 24.1 Å². The highest BCUT2D eigenvalue weighted by atomic mass is 16.2. The van der Waals surface area contributed by atoms with E-state index in [0.717, 1.165) is 5.56 Å². The number of amides is 4. The zero-order chi connectivity index (χ0) is 22.4. The van der Waals surface area contributed by atoms with Crippen molar-refractivity contribution in [2.75, 3.05) is 13.1 Å². The fourth-order valence-electron chi connectivity index (χ4n) is 3.66. The SMILES string of the molecule is CCNC(=O)C(C)N(Cc1ccccc1)C(=O)CCCN1C(=O)c2ccccc2C1=O. The highest BCUT2D eigenvalue weighted by Crippen LogP contribution is 2.23. The maximum Gasteiger partial charge on any atom is 0.261 e. The molecule has 4 amide bonds. The molecule has 0 radical (unpaired) electrons. The van der Waals surface area contributed by atoms with Crippen LogP contribution >= 0.6 is 0 Å². The first-order valence-corrected chi connectivity index (χ1v) is 10.5. The van der Waals surface area contributed by atoms with Crippen molar-refractivity contribution in [1.29, 1.82) is 0 Å². The molecule has 1 unspecified atom stereocenters. The first kappa shape index (κ1) is 22.2. The second-order valence-electron chi connectivity index (χ2n) is 7.49. The van der Waals surface area contributed by atoms with Gasteiger partial charge in [0.1, 0.15) is 6.04 Å². The molecule has 0 saturated heterocycles. The molecule has 2 aromatic rings. The molecule has 0 fully saturated rings. The van der Waals surface area contributed by atoms with Gasteiger partial charge in [0.2, 0.25) is 11.8 Å². The summed E-state index contributed by atoms with van der Waals surface area (Å²) in [4.78, 5) is 53.1. The summed E-state index contributed by atoms with van der Waals surface area (Å²) in [5.74, 6) is -1.07. The van der Waals surface area contributed by atoms with E-state index in [1.54, 1.807) is 36.1 Å². The molecule has 0 saturated carbocycles. The first-order chi connectivity index (χ1) is 14.9. The van der Waals surface area contributed by atoms with Gasteiger partial charge in [0, 0.05) is 26.1 Å². The molecular formula is C24H27N3O4. The Kier molecular flexibility index (Phi) is 7.18. The number of nitrogens with zero attached hydrogens (tertiary/aromatic N) is 2. The summed E-state index contributed by atoms with van der Waals surface area (Å²) in [6.45, 7) is 4.49. The van der Waals surface area contributed by atoms with Gasteiger partial charge in [0.15, 0.2) is 0 Å². The van der Waals surface area contributed by atoms with E-state index in [4.69, 9.17) is 0 Å². The number of benzene rings is 2. The maximum absolute atomic E-state index is 13.0. The zero-order valence-corrected chi connectivity index (χ0v) is 17.8. The largest absolute Gasteiger partial charge is 0.355 e. The Balaban J connectivity index is 1.64. The molecule has 3 rings (SSSR count). The summed E-state index contributed by atoms with van der Waals surface area (Å²) in [7, 11) is 0. The van der Waals surface area contributed by atoms with E-state index in [0.29, 0.717) is 30.6 Å². The molecule has 31 heavy (non-hydrogen) atoms. The standard InChI is InChI=1S/C24H27N3O4/c1-3-25-22(29)17(2)27(16-18-10-5-4-6-11-18)21(28)14-9-15-26-23(30)19-12-7-8-13-20(19)24(26)31/h4-8,10-13,17H,3,9,14-16H2,1-2H3,(H,25,29). The van der Waals surface area contributed by atoms with E-state index in [9.17, 15) is 19.2 Å². The van der Waals surface area contributed by atoms with Gasteiger partial charge in [-0.25, -0.2) is 0 Å². The molecule has 7 heteroatoms. The lowest BCUT2D eigenvalue weighted by Crippen LogP contribution is -2.47. The molecule has 162 valence electrons. The van der Waals surface area contributed by atoms with Crippen LogP contribution in [0.5, 0.6) is 0 Å². The lowest BCUT2D eigenvalue weighted by atomic mass is 10.1. The van der Waals surface area contributed by atoms with Gasteiger partial charge in [-0.05, 0) is 38.0 Å². The average Bonchev–Trinajstić information content (AvgIpc) is 3.03. The monoisotopic (exact) mass is 421 g/mol. The van der Waals surface area contributed by atoms with E-state index in [2.05, 4.69) is 5.32 Å². The number of carbonyl (C=O) groups is 4. The van der Waals surface area contributed by atoms with Gasteiger partial charge in [0.05, 0.1) is 11.1 Å². The van der Waals surface area contributed by atoms with Gasteiger partial charge in [0.25, 0.3) is 11.8 Å². The van der Waals surface area contributed by atoms with Crippen LogP contribution in [-0.4, -0.2) is 52.6 Å². The third-order valence-corrected chi connectivity index (χ3v) is 5.36. The molecule has 1 aliphatic heterocycles. The van der Waals surface area contributed by atoms with Crippen LogP contribution < -0.4 is 5.32 Å². The number of fused-ring (bicyclic) bond motifs is 1. The van der Waals surface area contributed by atoms with Gasteiger partial charge in [-0.15, -0.1) is 0 Å². The molecule has 7 nitrogen and oxygen atoms in total. The Bertz CT molecular complexity index is 939. The van der Waals surface area contributed by atoms with Crippen LogP contribution in [0.2, 0.25) is 0 Å². The number of likely N-dealkylation sites (N-methyl/N-ethyl adjacent to an activating group) is 1. The summed E-state index contributed by atoms with van der Waals surface area (Å²) < 4.78 is 0. The predicted molar refractivity (Wildman–Crippen MR) is 116 cm³/mol. The number of rotatable bonds is 9. The summed E-state index contributed by atoms with van der Waals surface area (Å²) in [5.41, 5.74) is 1.72. The summed E-state index contributed by atoms with van der Waals surface area (Å²) >= 11 is 0. The molecule has 0 aliphatic carbocycles. The van der Waals surface area contributed by atoms with Crippen molar-refractivity contribution in [3.05, 3.63) is 71.3 Å². The molecule has 0 aromatic heterocycles. The van der Waals surface area contributed by atoms with E-state index in [-0.39, 0.29) is 36.6 Å². The van der Waals surface area contributed by atoms with Crippen molar-refractivity contribution in [3.8, 4) is 0 Å². The Morgan fingerprint density at radius 2 is 1.55 bits per heavy atom. The minimum atomic E-state index is -0.632. The van der Waals surface area contributed by atoms with Crippen LogP contribution in [0, 0.1) is 0 Å². The highest BCUT2D eigenvalue weighted by Gasteiger charge is 2.35. The lowest BCUT2D eigenvalue weighted by molar-refractivity contribution is -0.140. The second kappa shape index (κ2) is 10.0. The summed E-state index contributed by atoms with van der Waals surface area (Å²) in [6, 6.07) is 15.6. The van der Waals surface area contributed by atoms with Crippen LogP contribution in [0.3, 0.4) is 0 Å². The van der Waals surface area contributed by atoms with Crippen molar-refractivity contribution in [3.63, 3.8) is 0 Å². The Morgan fingerprint density at radius 3 is 2.13 bits per heavy atom. The van der Waals surface area contributed by atoms with Crippen molar-refractivity contribution >= 4 is 23.6 Å². The summed E-state index contributed by atoms with van der Waals surface area (Å²) in [5, 5.41) is 2.76. The topological polar surface area (TPSA) is 86.8 Å². The van der Waals surface area contributed by atoms with Crippen molar-refractivity contribution < 1.29 is 19.2 Å².